The summed E-state index contributed by atoms with van der Waals surface area (Å²) in [7, 11) is 0. The molecule has 0 rings (SSSR count). The van der Waals surface area contributed by atoms with Crippen LogP contribution in [0.3, 0.4) is 0 Å². The molecular formula is C12H27I. The summed E-state index contributed by atoms with van der Waals surface area (Å²) in [5, 5.41) is 0. The molecular weight excluding hydrogens is 271 g/mol. The summed E-state index contributed by atoms with van der Waals surface area (Å²) in [6, 6.07) is 0. The number of alkyl halides is 1. The summed E-state index contributed by atoms with van der Waals surface area (Å²) in [4.78, 5) is 1.97. The van der Waals surface area contributed by atoms with Gasteiger partial charge in [-0.05, 0) is 24.7 Å². The van der Waals surface area contributed by atoms with Crippen molar-refractivity contribution in [3.8, 4) is 0 Å². The van der Waals surface area contributed by atoms with Gasteiger partial charge in [0.15, 0.2) is 0 Å². The average Bonchev–Trinajstić information content (AvgIpc) is 2.27. The van der Waals surface area contributed by atoms with Gasteiger partial charge < -0.3 is 0 Å². The van der Waals surface area contributed by atoms with Gasteiger partial charge in [-0.15, -0.1) is 6.58 Å². The van der Waals surface area contributed by atoms with E-state index >= 15 is 0 Å². The van der Waals surface area contributed by atoms with E-state index in [0.717, 1.165) is 12.8 Å². The van der Waals surface area contributed by atoms with Crippen LogP contribution in [0, 0.1) is 0 Å². The molecule has 0 aliphatic rings. The van der Waals surface area contributed by atoms with Crippen molar-refractivity contribution in [3.63, 3.8) is 0 Å². The van der Waals surface area contributed by atoms with Gasteiger partial charge in [0.2, 0.25) is 0 Å². The van der Waals surface area contributed by atoms with Crippen molar-refractivity contribution in [2.45, 2.75) is 47.5 Å². The van der Waals surface area contributed by atoms with Gasteiger partial charge in [0.25, 0.3) is 0 Å². The Balaban J connectivity index is -0.0000000573. The predicted octanol–water partition coefficient (Wildman–Crippen LogP) is 5.63. The molecule has 0 heterocycles. The van der Waals surface area contributed by atoms with E-state index in [0.29, 0.717) is 0 Å². The molecule has 0 saturated carbocycles. The molecule has 0 saturated heterocycles. The summed E-state index contributed by atoms with van der Waals surface area (Å²) in [6.45, 7) is 13.6. The number of hydrogen-bond donors (Lipinski definition) is 0. The van der Waals surface area contributed by atoms with E-state index in [1.54, 1.807) is 0 Å². The van der Waals surface area contributed by atoms with Gasteiger partial charge in [0.1, 0.15) is 0 Å². The molecule has 0 aromatic heterocycles. The fourth-order valence-electron chi connectivity index (χ4n) is 0.381. The van der Waals surface area contributed by atoms with Crippen molar-refractivity contribution in [2.75, 3.05) is 4.93 Å². The van der Waals surface area contributed by atoms with Crippen molar-refractivity contribution < 1.29 is 0 Å². The molecule has 0 aliphatic heterocycles. The monoisotopic (exact) mass is 298 g/mol. The molecule has 0 unspecified atom stereocenters. The van der Waals surface area contributed by atoms with E-state index in [2.05, 4.69) is 41.3 Å². The van der Waals surface area contributed by atoms with Gasteiger partial charge in [0.05, 0.1) is 0 Å². The molecule has 1 heteroatoms. The van der Waals surface area contributed by atoms with Crippen LogP contribution in [0.25, 0.3) is 0 Å². The zero-order chi connectivity index (χ0) is 11.5. The van der Waals surface area contributed by atoms with E-state index in [4.69, 9.17) is 0 Å². The first kappa shape index (κ1) is 23.2. The van der Waals surface area contributed by atoms with E-state index in [9.17, 15) is 0 Å². The summed E-state index contributed by atoms with van der Waals surface area (Å²) in [5.74, 6) is 0. The first-order chi connectivity index (χ1) is 6.41. The van der Waals surface area contributed by atoms with Crippen molar-refractivity contribution in [3.05, 3.63) is 24.8 Å². The van der Waals surface area contributed by atoms with Crippen LogP contribution in [-0.4, -0.2) is 4.93 Å². The van der Waals surface area contributed by atoms with Crippen LogP contribution < -0.4 is 0 Å². The molecule has 0 atom stereocenters. The lowest BCUT2D eigenvalue weighted by molar-refractivity contribution is 1.05. The normalized spacial score (nSPS) is 6.69. The lowest BCUT2D eigenvalue weighted by Crippen LogP contribution is -1.58. The lowest BCUT2D eigenvalue weighted by atomic mass is 10.3. The highest BCUT2D eigenvalue weighted by Crippen LogP contribution is 1.88. The lowest BCUT2D eigenvalue weighted by Gasteiger charge is -1.79. The second-order valence-electron chi connectivity index (χ2n) is 1.44. The summed E-state index contributed by atoms with van der Waals surface area (Å²) < 4.78 is 0. The fourth-order valence-corrected chi connectivity index (χ4v) is 0.381. The molecule has 0 spiro atoms. The third-order valence-corrected chi connectivity index (χ3v) is 0.773. The van der Waals surface area contributed by atoms with E-state index in [1.807, 2.05) is 45.6 Å². The molecule has 0 aliphatic carbocycles. The van der Waals surface area contributed by atoms with Crippen molar-refractivity contribution in [1.29, 1.82) is 0 Å². The molecule has 82 valence electrons. The van der Waals surface area contributed by atoms with Gasteiger partial charge in [-0.1, -0.05) is 68.5 Å². The molecule has 13 heavy (non-hydrogen) atoms. The third-order valence-electron chi connectivity index (χ3n) is 0.773. The highest BCUT2D eigenvalue weighted by Gasteiger charge is 1.68. The Labute approximate surface area is 99.7 Å². The Hall–Kier alpha value is 0.210. The highest BCUT2D eigenvalue weighted by atomic mass is 127. The van der Waals surface area contributed by atoms with Crippen LogP contribution in [0.15, 0.2) is 24.8 Å². The Morgan fingerprint density at radius 3 is 1.62 bits per heavy atom. The van der Waals surface area contributed by atoms with Crippen LogP contribution in [0.5, 0.6) is 0 Å². The molecule has 0 aromatic carbocycles. The molecule has 0 amide bonds. The van der Waals surface area contributed by atoms with Gasteiger partial charge in [-0.25, -0.2) is 0 Å². The van der Waals surface area contributed by atoms with Gasteiger partial charge in [0, 0.05) is 0 Å². The molecule has 0 nitrogen and oxygen atoms in total. The predicted molar refractivity (Wildman–Crippen MR) is 76.9 cm³/mol. The first-order valence-electron chi connectivity index (χ1n) is 5.01. The Morgan fingerprint density at radius 1 is 1.00 bits per heavy atom. The largest absolute Gasteiger partial charge is 0.103 e. The second kappa shape index (κ2) is 56.5. The topological polar surface area (TPSA) is 0 Å². The maximum absolute atomic E-state index is 3.60. The number of unbranched alkanes of at least 4 members (excludes halogenated alkanes) is 1. The van der Waals surface area contributed by atoms with Crippen molar-refractivity contribution >= 4 is 22.6 Å². The number of allylic oxidation sites excluding steroid dienone is 3. The minimum Gasteiger partial charge on any atom is -0.103 e. The quantitative estimate of drug-likeness (QED) is 0.274. The Morgan fingerprint density at radius 2 is 1.38 bits per heavy atom. The summed E-state index contributed by atoms with van der Waals surface area (Å²) in [5.41, 5.74) is 0. The zero-order valence-electron chi connectivity index (χ0n) is 10.2. The van der Waals surface area contributed by atoms with Crippen LogP contribution in [-0.2, 0) is 0 Å². The van der Waals surface area contributed by atoms with Crippen molar-refractivity contribution in [2.24, 2.45) is 0 Å². The maximum atomic E-state index is 3.60. The summed E-state index contributed by atoms with van der Waals surface area (Å²) >= 11 is 2.15. The van der Waals surface area contributed by atoms with Crippen LogP contribution in [0.4, 0.5) is 0 Å². The Kier molecular flexibility index (Phi) is 101. The van der Waals surface area contributed by atoms with Gasteiger partial charge in [-0.2, -0.15) is 0 Å². The van der Waals surface area contributed by atoms with E-state index in [1.165, 1.54) is 0 Å². The fraction of sp³-hybridized carbons (Fsp3) is 0.667. The number of hydrogen-bond acceptors (Lipinski definition) is 0. The van der Waals surface area contributed by atoms with Crippen LogP contribution in [0.2, 0.25) is 0 Å². The van der Waals surface area contributed by atoms with E-state index in [-0.39, 0.29) is 0 Å². The second-order valence-corrected chi connectivity index (χ2v) is 1.44. The first-order valence-corrected chi connectivity index (χ1v) is 7.17. The molecule has 0 aromatic rings. The number of rotatable bonds is 3. The Bertz CT molecular complexity index is 65.5. The number of halogens is 1. The standard InChI is InChI=1S/C7H12.2C2H6.CH3I/c1-3-5-7-6-4-2;3*1-2/h3-4,6H,1,5,7H2,2H3;2*1-2H3;1H3/b6-4-;;;. The maximum Gasteiger partial charge on any atom is -0.0121 e. The van der Waals surface area contributed by atoms with Crippen LogP contribution in [0.1, 0.15) is 47.5 Å². The SMILES string of the molecule is C=CCC/C=C\C.CC.CC.CI. The third kappa shape index (κ3) is 71.8. The minimum atomic E-state index is 1.10. The highest BCUT2D eigenvalue weighted by molar-refractivity contribution is 14.1. The zero-order valence-corrected chi connectivity index (χ0v) is 12.4. The van der Waals surface area contributed by atoms with Gasteiger partial charge in [-0.3, -0.25) is 0 Å². The average molecular weight is 298 g/mol. The summed E-state index contributed by atoms with van der Waals surface area (Å²) in [6.07, 6.45) is 8.37. The molecule has 0 radical (unpaired) electrons. The van der Waals surface area contributed by atoms with E-state index < -0.39 is 0 Å². The van der Waals surface area contributed by atoms with Crippen molar-refractivity contribution in [1.82, 2.24) is 0 Å². The molecule has 0 N–H and O–H groups in total. The molecule has 0 bridgehead atoms. The van der Waals surface area contributed by atoms with Crippen LogP contribution >= 0.6 is 22.6 Å². The minimum absolute atomic E-state index is 1.10. The van der Waals surface area contributed by atoms with Gasteiger partial charge >= 0.3 is 0 Å². The molecule has 0 fully saturated rings. The smallest absolute Gasteiger partial charge is 0.0121 e.